The van der Waals surface area contributed by atoms with Gasteiger partial charge in [-0.2, -0.15) is 0 Å². The lowest BCUT2D eigenvalue weighted by Gasteiger charge is -2.14. The molecule has 0 spiro atoms. The number of nitrogens with one attached hydrogen (secondary N) is 1. The van der Waals surface area contributed by atoms with E-state index in [-0.39, 0.29) is 6.03 Å². The van der Waals surface area contributed by atoms with Crippen molar-refractivity contribution in [2.45, 2.75) is 26.3 Å². The number of hydrogen-bond acceptors (Lipinski definition) is 3. The summed E-state index contributed by atoms with van der Waals surface area (Å²) in [4.78, 5) is 17.9. The Hall–Kier alpha value is -1.88. The third-order valence-corrected chi connectivity index (χ3v) is 4.27. The molecule has 0 atom stereocenters. The number of aryl methyl sites for hydroxylation is 2. The van der Waals surface area contributed by atoms with E-state index in [1.807, 2.05) is 18.4 Å². The topological polar surface area (TPSA) is 45.2 Å². The highest BCUT2D eigenvalue weighted by Gasteiger charge is 2.07. The van der Waals surface area contributed by atoms with Crippen molar-refractivity contribution in [3.8, 4) is 0 Å². The van der Waals surface area contributed by atoms with Gasteiger partial charge in [0.1, 0.15) is 0 Å². The predicted octanol–water partition coefficient (Wildman–Crippen LogP) is 3.09. The van der Waals surface area contributed by atoms with E-state index in [2.05, 4.69) is 34.6 Å². The molecule has 0 saturated carbocycles. The fourth-order valence-corrected chi connectivity index (χ4v) is 2.68. The fraction of sp³-hybridized carbons (Fsp3) is 0.375. The predicted molar refractivity (Wildman–Crippen MR) is 86.5 cm³/mol. The highest BCUT2D eigenvalue weighted by Crippen LogP contribution is 2.13. The highest BCUT2D eigenvalue weighted by atomic mass is 32.1. The number of hydrogen-bond donors (Lipinski definition) is 1. The number of aromatic nitrogens is 1. The Bertz CT molecular complexity index is 568. The number of amides is 2. The molecule has 2 rings (SSSR count). The Labute approximate surface area is 129 Å². The first-order chi connectivity index (χ1) is 10.2. The highest BCUT2D eigenvalue weighted by molar-refractivity contribution is 7.09. The van der Waals surface area contributed by atoms with E-state index in [0.717, 1.165) is 23.5 Å². The number of benzene rings is 1. The number of carbonyl (C=O) groups excluding carboxylic acids is 1. The van der Waals surface area contributed by atoms with E-state index in [1.54, 1.807) is 23.3 Å². The van der Waals surface area contributed by atoms with Crippen LogP contribution >= 0.6 is 11.3 Å². The Kier molecular flexibility index (Phi) is 5.75. The second-order valence-electron chi connectivity index (χ2n) is 4.89. The zero-order chi connectivity index (χ0) is 15.1. The van der Waals surface area contributed by atoms with Crippen molar-refractivity contribution >= 4 is 17.4 Å². The summed E-state index contributed by atoms with van der Waals surface area (Å²) >= 11 is 1.66. The average molecular weight is 303 g/mol. The molecule has 0 aliphatic rings. The number of carbonyl (C=O) groups is 1. The third kappa shape index (κ3) is 4.86. The van der Waals surface area contributed by atoms with Crippen molar-refractivity contribution in [1.82, 2.24) is 15.2 Å². The van der Waals surface area contributed by atoms with Gasteiger partial charge in [0.05, 0.1) is 17.2 Å². The first-order valence-corrected chi connectivity index (χ1v) is 8.03. The number of rotatable bonds is 6. The molecule has 0 saturated heterocycles. The molecule has 1 N–H and O–H groups in total. The summed E-state index contributed by atoms with van der Waals surface area (Å²) in [6, 6.07) is 10.4. The second-order valence-corrected chi connectivity index (χ2v) is 5.83. The molecule has 2 amide bonds. The molecule has 0 fully saturated rings. The van der Waals surface area contributed by atoms with Crippen LogP contribution in [0, 0.1) is 0 Å². The molecule has 1 aromatic heterocycles. The minimum absolute atomic E-state index is 0.0589. The maximum absolute atomic E-state index is 11.7. The summed E-state index contributed by atoms with van der Waals surface area (Å²) in [6.07, 6.45) is 1.94. The van der Waals surface area contributed by atoms with Crippen LogP contribution in [0.3, 0.4) is 0 Å². The first kappa shape index (κ1) is 15.5. The summed E-state index contributed by atoms with van der Waals surface area (Å²) in [7, 11) is 1.78. The molecule has 0 bridgehead atoms. The number of thiazole rings is 1. The van der Waals surface area contributed by atoms with Gasteiger partial charge >= 0.3 is 6.03 Å². The Morgan fingerprint density at radius 1 is 1.29 bits per heavy atom. The van der Waals surface area contributed by atoms with Crippen LogP contribution in [0.1, 0.15) is 23.2 Å². The molecule has 112 valence electrons. The Balaban J connectivity index is 1.80. The molecule has 4 nitrogen and oxygen atoms in total. The molecule has 0 unspecified atom stereocenters. The van der Waals surface area contributed by atoms with Crippen LogP contribution in [-0.4, -0.2) is 29.5 Å². The lowest BCUT2D eigenvalue weighted by atomic mass is 10.1. The molecule has 0 radical (unpaired) electrons. The maximum Gasteiger partial charge on any atom is 0.317 e. The van der Waals surface area contributed by atoms with Crippen molar-refractivity contribution in [2.75, 3.05) is 13.6 Å². The van der Waals surface area contributed by atoms with Gasteiger partial charge in [-0.25, -0.2) is 9.78 Å². The maximum atomic E-state index is 11.7. The van der Waals surface area contributed by atoms with Gasteiger partial charge in [-0.3, -0.25) is 0 Å². The Morgan fingerprint density at radius 3 is 2.76 bits per heavy atom. The SMILES string of the molecule is CCN(C)C(=O)NCc1csc(CCc2ccccc2)n1. The van der Waals surface area contributed by atoms with Crippen LogP contribution in [0.2, 0.25) is 0 Å². The minimum Gasteiger partial charge on any atom is -0.332 e. The van der Waals surface area contributed by atoms with Gasteiger partial charge in [-0.15, -0.1) is 11.3 Å². The number of urea groups is 1. The third-order valence-electron chi connectivity index (χ3n) is 3.31. The van der Waals surface area contributed by atoms with E-state index in [0.29, 0.717) is 13.1 Å². The summed E-state index contributed by atoms with van der Waals surface area (Å²) in [5, 5.41) is 6.01. The molecule has 21 heavy (non-hydrogen) atoms. The van der Waals surface area contributed by atoms with E-state index in [1.165, 1.54) is 5.56 Å². The molecule has 1 heterocycles. The monoisotopic (exact) mass is 303 g/mol. The fourth-order valence-electron chi connectivity index (χ4n) is 1.89. The van der Waals surface area contributed by atoms with E-state index in [4.69, 9.17) is 0 Å². The van der Waals surface area contributed by atoms with E-state index in [9.17, 15) is 4.79 Å². The molecule has 5 heteroatoms. The summed E-state index contributed by atoms with van der Waals surface area (Å²) in [6.45, 7) is 3.14. The lowest BCUT2D eigenvalue weighted by Crippen LogP contribution is -2.36. The van der Waals surface area contributed by atoms with E-state index < -0.39 is 0 Å². The van der Waals surface area contributed by atoms with Gasteiger partial charge in [0, 0.05) is 25.4 Å². The zero-order valence-electron chi connectivity index (χ0n) is 12.5. The average Bonchev–Trinajstić information content (AvgIpc) is 2.98. The zero-order valence-corrected chi connectivity index (χ0v) is 13.3. The van der Waals surface area contributed by atoms with Crippen LogP contribution < -0.4 is 5.32 Å². The largest absolute Gasteiger partial charge is 0.332 e. The molecule has 0 aliphatic heterocycles. The molecular weight excluding hydrogens is 282 g/mol. The normalized spacial score (nSPS) is 10.4. The summed E-state index contributed by atoms with van der Waals surface area (Å²) in [5.41, 5.74) is 2.26. The standard InChI is InChI=1S/C16H21N3OS/c1-3-19(2)16(20)17-11-14-12-21-15(18-14)10-9-13-7-5-4-6-8-13/h4-8,12H,3,9-11H2,1-2H3,(H,17,20). The van der Waals surface area contributed by atoms with Crippen LogP contribution in [-0.2, 0) is 19.4 Å². The lowest BCUT2D eigenvalue weighted by molar-refractivity contribution is 0.210. The quantitative estimate of drug-likeness (QED) is 0.891. The van der Waals surface area contributed by atoms with Crippen LogP contribution in [0.15, 0.2) is 35.7 Å². The van der Waals surface area contributed by atoms with Crippen molar-refractivity contribution in [3.05, 3.63) is 52.0 Å². The van der Waals surface area contributed by atoms with Crippen molar-refractivity contribution in [3.63, 3.8) is 0 Å². The van der Waals surface area contributed by atoms with Crippen molar-refractivity contribution in [2.24, 2.45) is 0 Å². The molecular formula is C16H21N3OS. The summed E-state index contributed by atoms with van der Waals surface area (Å²) < 4.78 is 0. The molecule has 1 aromatic carbocycles. The smallest absolute Gasteiger partial charge is 0.317 e. The van der Waals surface area contributed by atoms with Crippen LogP contribution in [0.5, 0.6) is 0 Å². The van der Waals surface area contributed by atoms with Gasteiger partial charge < -0.3 is 10.2 Å². The van der Waals surface area contributed by atoms with Crippen molar-refractivity contribution < 1.29 is 4.79 Å². The summed E-state index contributed by atoms with van der Waals surface area (Å²) in [5.74, 6) is 0. The van der Waals surface area contributed by atoms with Gasteiger partial charge in [0.25, 0.3) is 0 Å². The van der Waals surface area contributed by atoms with E-state index >= 15 is 0 Å². The minimum atomic E-state index is -0.0589. The molecule has 0 aliphatic carbocycles. The van der Waals surface area contributed by atoms with Gasteiger partial charge in [-0.05, 0) is 18.9 Å². The second kappa shape index (κ2) is 7.78. The first-order valence-electron chi connectivity index (χ1n) is 7.15. The number of nitrogens with zero attached hydrogens (tertiary/aromatic N) is 2. The van der Waals surface area contributed by atoms with Gasteiger partial charge in [-0.1, -0.05) is 30.3 Å². The Morgan fingerprint density at radius 2 is 2.05 bits per heavy atom. The van der Waals surface area contributed by atoms with Crippen LogP contribution in [0.25, 0.3) is 0 Å². The van der Waals surface area contributed by atoms with Crippen LogP contribution in [0.4, 0.5) is 4.79 Å². The van der Waals surface area contributed by atoms with Gasteiger partial charge in [0.2, 0.25) is 0 Å². The van der Waals surface area contributed by atoms with Crippen molar-refractivity contribution in [1.29, 1.82) is 0 Å². The molecule has 2 aromatic rings. The van der Waals surface area contributed by atoms with Gasteiger partial charge in [0.15, 0.2) is 0 Å².